The summed E-state index contributed by atoms with van der Waals surface area (Å²) in [5.41, 5.74) is 2.30. The van der Waals surface area contributed by atoms with Crippen LogP contribution in [0, 0.1) is 0 Å². The molecule has 0 bridgehead atoms. The van der Waals surface area contributed by atoms with Crippen LogP contribution in [0.2, 0.25) is 6.55 Å². The van der Waals surface area contributed by atoms with E-state index in [-0.39, 0.29) is 5.60 Å². The van der Waals surface area contributed by atoms with E-state index in [9.17, 15) is 0 Å². The lowest BCUT2D eigenvalue weighted by molar-refractivity contribution is 0.107. The normalized spacial score (nSPS) is 12.1. The van der Waals surface area contributed by atoms with Gasteiger partial charge in [0.15, 0.2) is 9.76 Å². The minimum absolute atomic E-state index is 0.252. The van der Waals surface area contributed by atoms with Gasteiger partial charge in [-0.25, -0.2) is 0 Å². The van der Waals surface area contributed by atoms with Crippen LogP contribution >= 0.6 is 0 Å². The summed E-state index contributed by atoms with van der Waals surface area (Å²) in [7, 11) is -0.498. The first-order chi connectivity index (χ1) is 9.33. The lowest BCUT2D eigenvalue weighted by atomic mass is 9.83. The van der Waals surface area contributed by atoms with Crippen LogP contribution in [0.15, 0.2) is 60.7 Å². The van der Waals surface area contributed by atoms with Gasteiger partial charge in [0.1, 0.15) is 5.60 Å². The van der Waals surface area contributed by atoms with Crippen LogP contribution in [0.5, 0.6) is 0 Å². The second-order valence-corrected chi connectivity index (χ2v) is 5.61. The van der Waals surface area contributed by atoms with Gasteiger partial charge < -0.3 is 4.43 Å². The summed E-state index contributed by atoms with van der Waals surface area (Å²) < 4.78 is 6.38. The van der Waals surface area contributed by atoms with E-state index in [0.29, 0.717) is 0 Å². The molecule has 100 valence electrons. The Morgan fingerprint density at radius 3 is 1.74 bits per heavy atom. The molecule has 0 aromatic heterocycles. The van der Waals surface area contributed by atoms with E-state index in [0.717, 1.165) is 12.8 Å². The zero-order valence-corrected chi connectivity index (χ0v) is 13.2. The Hall–Kier alpha value is -1.38. The molecule has 2 aromatic rings. The van der Waals surface area contributed by atoms with Crippen LogP contribution in [0.4, 0.5) is 0 Å². The van der Waals surface area contributed by atoms with Crippen molar-refractivity contribution in [3.05, 3.63) is 71.8 Å². The minimum atomic E-state index is -0.498. The Bertz CT molecular complexity index is 434. The molecule has 2 heteroatoms. The first-order valence-electron chi connectivity index (χ1n) is 7.08. The van der Waals surface area contributed by atoms with E-state index in [1.807, 2.05) is 0 Å². The van der Waals surface area contributed by atoms with Crippen molar-refractivity contribution >= 4 is 9.76 Å². The van der Waals surface area contributed by atoms with Gasteiger partial charge in [0.05, 0.1) is 0 Å². The summed E-state index contributed by atoms with van der Waals surface area (Å²) in [6, 6.07) is 21.3. The molecule has 2 aromatic carbocycles. The largest absolute Gasteiger partial charge is 0.411 e. The van der Waals surface area contributed by atoms with Gasteiger partial charge in [0.2, 0.25) is 0 Å². The van der Waals surface area contributed by atoms with Crippen molar-refractivity contribution < 1.29 is 4.43 Å². The Morgan fingerprint density at radius 1 is 0.895 bits per heavy atom. The molecule has 0 heterocycles. The third kappa shape index (κ3) is 2.96. The monoisotopic (exact) mass is 270 g/mol. The number of benzene rings is 2. The summed E-state index contributed by atoms with van der Waals surface area (Å²) in [6.45, 7) is 4.43. The van der Waals surface area contributed by atoms with Gasteiger partial charge in [-0.2, -0.15) is 0 Å². The maximum atomic E-state index is 6.38. The number of hydrogen-bond donors (Lipinski definition) is 0. The number of hydrogen-bond acceptors (Lipinski definition) is 1. The standard InChI is InChI=1S/C17H22OSi/c1-3-14-17(18-19-2,15-10-6-4-7-11-15)16-12-8-5-9-13-16/h4-13H,3,14,19H2,1-2H3. The Kier molecular flexibility index (Phi) is 4.94. The maximum absolute atomic E-state index is 6.38. The van der Waals surface area contributed by atoms with E-state index in [1.54, 1.807) is 0 Å². The molecule has 0 radical (unpaired) electrons. The molecule has 0 amide bonds. The lowest BCUT2D eigenvalue weighted by Gasteiger charge is -2.35. The van der Waals surface area contributed by atoms with Gasteiger partial charge in [-0.15, -0.1) is 0 Å². The molecule has 0 aliphatic rings. The van der Waals surface area contributed by atoms with E-state index >= 15 is 0 Å². The smallest absolute Gasteiger partial charge is 0.160 e. The molecule has 1 nitrogen and oxygen atoms in total. The second kappa shape index (κ2) is 6.69. The van der Waals surface area contributed by atoms with Crippen molar-refractivity contribution in [2.24, 2.45) is 0 Å². The summed E-state index contributed by atoms with van der Waals surface area (Å²) in [6.07, 6.45) is 2.14. The van der Waals surface area contributed by atoms with Crippen molar-refractivity contribution in [1.82, 2.24) is 0 Å². The van der Waals surface area contributed by atoms with Gasteiger partial charge in [0.25, 0.3) is 0 Å². The van der Waals surface area contributed by atoms with Crippen molar-refractivity contribution in [2.45, 2.75) is 31.9 Å². The Labute approximate surface area is 118 Å². The fraction of sp³-hybridized carbons (Fsp3) is 0.294. The van der Waals surface area contributed by atoms with E-state index < -0.39 is 9.76 Å². The van der Waals surface area contributed by atoms with Gasteiger partial charge in [-0.05, 0) is 17.5 Å². The second-order valence-electron chi connectivity index (χ2n) is 4.74. The highest BCUT2D eigenvalue weighted by Gasteiger charge is 2.33. The molecular formula is C17H22OSi. The number of rotatable bonds is 6. The first-order valence-corrected chi connectivity index (χ1v) is 9.07. The predicted octanol–water partition coefficient (Wildman–Crippen LogP) is 3.88. The van der Waals surface area contributed by atoms with Crippen LogP contribution in [-0.4, -0.2) is 9.76 Å². The molecule has 0 fully saturated rings. The SMILES string of the molecule is CCCC(O[SiH2]C)(c1ccccc1)c1ccccc1. The highest BCUT2D eigenvalue weighted by atomic mass is 28.2. The van der Waals surface area contributed by atoms with Crippen LogP contribution in [0.1, 0.15) is 30.9 Å². The summed E-state index contributed by atoms with van der Waals surface area (Å²) >= 11 is 0. The lowest BCUT2D eigenvalue weighted by Crippen LogP contribution is -2.32. The molecule has 0 aliphatic carbocycles. The molecule has 0 aliphatic heterocycles. The van der Waals surface area contributed by atoms with Crippen molar-refractivity contribution in [3.8, 4) is 0 Å². The topological polar surface area (TPSA) is 9.23 Å². The highest BCUT2D eigenvalue weighted by Crippen LogP contribution is 2.37. The fourth-order valence-corrected chi connectivity index (χ4v) is 3.68. The van der Waals surface area contributed by atoms with Crippen molar-refractivity contribution in [2.75, 3.05) is 0 Å². The Morgan fingerprint density at radius 2 is 1.37 bits per heavy atom. The van der Waals surface area contributed by atoms with Crippen molar-refractivity contribution in [1.29, 1.82) is 0 Å². The van der Waals surface area contributed by atoms with Crippen molar-refractivity contribution in [3.63, 3.8) is 0 Å². The van der Waals surface area contributed by atoms with E-state index in [1.165, 1.54) is 11.1 Å². The molecule has 0 unspecified atom stereocenters. The average molecular weight is 270 g/mol. The zero-order valence-electron chi connectivity index (χ0n) is 11.8. The molecule has 0 saturated heterocycles. The van der Waals surface area contributed by atoms with Gasteiger partial charge in [0, 0.05) is 0 Å². The summed E-state index contributed by atoms with van der Waals surface area (Å²) in [4.78, 5) is 0. The van der Waals surface area contributed by atoms with Gasteiger partial charge in [-0.3, -0.25) is 0 Å². The summed E-state index contributed by atoms with van der Waals surface area (Å²) in [5.74, 6) is 0. The van der Waals surface area contributed by atoms with Gasteiger partial charge >= 0.3 is 0 Å². The highest BCUT2D eigenvalue weighted by molar-refractivity contribution is 6.25. The molecule has 0 spiro atoms. The quantitative estimate of drug-likeness (QED) is 0.724. The third-order valence-electron chi connectivity index (χ3n) is 3.47. The van der Waals surface area contributed by atoms with E-state index in [4.69, 9.17) is 4.43 Å². The first kappa shape index (κ1) is 14.0. The summed E-state index contributed by atoms with van der Waals surface area (Å²) in [5, 5.41) is 0. The maximum Gasteiger partial charge on any atom is 0.160 e. The Balaban J connectivity index is 2.54. The van der Waals surface area contributed by atoms with Gasteiger partial charge in [-0.1, -0.05) is 80.6 Å². The molecule has 19 heavy (non-hydrogen) atoms. The van der Waals surface area contributed by atoms with Crippen LogP contribution < -0.4 is 0 Å². The molecule has 2 rings (SSSR count). The molecular weight excluding hydrogens is 248 g/mol. The molecule has 0 atom stereocenters. The molecule has 0 N–H and O–H groups in total. The molecule has 0 saturated carbocycles. The van der Waals surface area contributed by atoms with Crippen LogP contribution in [-0.2, 0) is 10.0 Å². The third-order valence-corrected chi connectivity index (χ3v) is 4.25. The fourth-order valence-electron chi connectivity index (χ4n) is 2.71. The zero-order chi connectivity index (χ0) is 13.6. The van der Waals surface area contributed by atoms with Crippen LogP contribution in [0.25, 0.3) is 0 Å². The van der Waals surface area contributed by atoms with Crippen LogP contribution in [0.3, 0.4) is 0 Å². The minimum Gasteiger partial charge on any atom is -0.411 e. The predicted molar refractivity (Wildman–Crippen MR) is 84.1 cm³/mol. The van der Waals surface area contributed by atoms with E-state index in [2.05, 4.69) is 74.1 Å². The average Bonchev–Trinajstić information content (AvgIpc) is 2.49.